The predicted octanol–water partition coefficient (Wildman–Crippen LogP) is 3.24. The third-order valence-corrected chi connectivity index (χ3v) is 4.05. The summed E-state index contributed by atoms with van der Waals surface area (Å²) in [4.78, 5) is 29.8. The maximum atomic E-state index is 12.8. The van der Waals surface area contributed by atoms with Crippen molar-refractivity contribution in [3.63, 3.8) is 0 Å². The van der Waals surface area contributed by atoms with Crippen LogP contribution in [0.4, 0.5) is 4.79 Å². The second-order valence-electron chi connectivity index (χ2n) is 6.80. The molecule has 0 aromatic carbocycles. The standard InChI is InChI=1S/C18H24BrN3O4/c1-6-12-11-22(16-14(15(12)23)9-13(19)10-20-16)21(7-8-25-5)17(24)26-18(2,3)4/h9-11H,6-8H2,1-5H3. The van der Waals surface area contributed by atoms with Gasteiger partial charge in [-0.1, -0.05) is 6.92 Å². The lowest BCUT2D eigenvalue weighted by Gasteiger charge is -2.29. The molecular weight excluding hydrogens is 402 g/mol. The van der Waals surface area contributed by atoms with Crippen LogP contribution < -0.4 is 10.4 Å². The molecule has 0 N–H and O–H groups in total. The first-order valence-electron chi connectivity index (χ1n) is 8.37. The highest BCUT2D eigenvalue weighted by atomic mass is 79.9. The molecule has 26 heavy (non-hydrogen) atoms. The highest BCUT2D eigenvalue weighted by Gasteiger charge is 2.25. The number of carbonyl (C=O) groups is 1. The Labute approximate surface area is 161 Å². The smallest absolute Gasteiger partial charge is 0.429 e. The summed E-state index contributed by atoms with van der Waals surface area (Å²) in [5, 5.41) is 1.83. The van der Waals surface area contributed by atoms with Crippen LogP contribution in [0.25, 0.3) is 11.0 Å². The number of halogens is 1. The van der Waals surface area contributed by atoms with Gasteiger partial charge in [-0.25, -0.2) is 19.5 Å². The quantitative estimate of drug-likeness (QED) is 0.734. The third kappa shape index (κ3) is 4.62. The molecule has 1 amide bonds. The van der Waals surface area contributed by atoms with Crippen molar-refractivity contribution in [3.05, 3.63) is 38.7 Å². The molecule has 2 aromatic heterocycles. The second kappa shape index (κ2) is 8.18. The summed E-state index contributed by atoms with van der Waals surface area (Å²) < 4.78 is 12.9. The molecule has 0 saturated heterocycles. The molecular formula is C18H24BrN3O4. The zero-order valence-electron chi connectivity index (χ0n) is 15.7. The highest BCUT2D eigenvalue weighted by molar-refractivity contribution is 9.10. The van der Waals surface area contributed by atoms with Crippen LogP contribution in [-0.2, 0) is 15.9 Å². The van der Waals surface area contributed by atoms with Gasteiger partial charge in [0, 0.05) is 29.5 Å². The van der Waals surface area contributed by atoms with Crippen LogP contribution in [0.15, 0.2) is 27.7 Å². The van der Waals surface area contributed by atoms with E-state index in [-0.39, 0.29) is 12.0 Å². The minimum absolute atomic E-state index is 0.0940. The van der Waals surface area contributed by atoms with Crippen molar-refractivity contribution >= 4 is 33.1 Å². The summed E-state index contributed by atoms with van der Waals surface area (Å²) in [6.45, 7) is 7.86. The van der Waals surface area contributed by atoms with Crippen molar-refractivity contribution in [2.75, 3.05) is 25.3 Å². The SMILES string of the molecule is CCc1cn(N(CCOC)C(=O)OC(C)(C)C)c2ncc(Br)cc2c1=O. The number of ether oxygens (including phenoxy) is 2. The molecule has 0 bridgehead atoms. The molecule has 2 aromatic rings. The number of pyridine rings is 2. The number of fused-ring (bicyclic) bond motifs is 1. The molecule has 0 fully saturated rings. The summed E-state index contributed by atoms with van der Waals surface area (Å²) in [6.07, 6.45) is 3.23. The molecule has 0 spiro atoms. The minimum atomic E-state index is -0.652. The van der Waals surface area contributed by atoms with Gasteiger partial charge in [-0.2, -0.15) is 0 Å². The highest BCUT2D eigenvalue weighted by Crippen LogP contribution is 2.17. The number of amides is 1. The van der Waals surface area contributed by atoms with E-state index >= 15 is 0 Å². The van der Waals surface area contributed by atoms with Gasteiger partial charge in [0.15, 0.2) is 11.1 Å². The van der Waals surface area contributed by atoms with E-state index in [0.29, 0.717) is 34.1 Å². The van der Waals surface area contributed by atoms with Gasteiger partial charge in [-0.15, -0.1) is 0 Å². The van der Waals surface area contributed by atoms with Crippen LogP contribution in [0.1, 0.15) is 33.3 Å². The van der Waals surface area contributed by atoms with Crippen molar-refractivity contribution in [2.45, 2.75) is 39.7 Å². The Hall–Kier alpha value is -1.93. The van der Waals surface area contributed by atoms with Gasteiger partial charge >= 0.3 is 6.09 Å². The van der Waals surface area contributed by atoms with E-state index in [4.69, 9.17) is 9.47 Å². The lowest BCUT2D eigenvalue weighted by molar-refractivity contribution is 0.0525. The normalized spacial score (nSPS) is 11.6. The van der Waals surface area contributed by atoms with Gasteiger partial charge in [-0.05, 0) is 49.2 Å². The van der Waals surface area contributed by atoms with E-state index in [1.54, 1.807) is 51.0 Å². The Kier molecular flexibility index (Phi) is 6.41. The molecule has 0 aliphatic rings. The van der Waals surface area contributed by atoms with E-state index in [1.165, 1.54) is 5.01 Å². The molecule has 0 unspecified atom stereocenters. The Balaban J connectivity index is 2.66. The summed E-state index contributed by atoms with van der Waals surface area (Å²) >= 11 is 3.35. The summed E-state index contributed by atoms with van der Waals surface area (Å²) in [7, 11) is 1.56. The first-order valence-corrected chi connectivity index (χ1v) is 9.16. The average Bonchev–Trinajstić information content (AvgIpc) is 2.55. The molecule has 7 nitrogen and oxygen atoms in total. The number of rotatable bonds is 5. The number of hydrogen-bond donors (Lipinski definition) is 0. The van der Waals surface area contributed by atoms with Crippen molar-refractivity contribution in [1.82, 2.24) is 9.66 Å². The van der Waals surface area contributed by atoms with E-state index in [2.05, 4.69) is 20.9 Å². The van der Waals surface area contributed by atoms with Crippen LogP contribution in [0, 0.1) is 0 Å². The van der Waals surface area contributed by atoms with Crippen LogP contribution in [0.5, 0.6) is 0 Å². The fourth-order valence-electron chi connectivity index (χ4n) is 2.44. The molecule has 0 radical (unpaired) electrons. The van der Waals surface area contributed by atoms with Crippen LogP contribution >= 0.6 is 15.9 Å². The number of aromatic nitrogens is 2. The second-order valence-corrected chi connectivity index (χ2v) is 7.72. The molecule has 0 aliphatic carbocycles. The van der Waals surface area contributed by atoms with Crippen LogP contribution in [0.3, 0.4) is 0 Å². The van der Waals surface area contributed by atoms with Crippen molar-refractivity contribution < 1.29 is 14.3 Å². The zero-order valence-corrected chi connectivity index (χ0v) is 17.3. The van der Waals surface area contributed by atoms with E-state index in [1.807, 2.05) is 6.92 Å². The number of hydrogen-bond acceptors (Lipinski definition) is 5. The lowest BCUT2D eigenvalue weighted by Crippen LogP contribution is -2.46. The molecule has 0 aliphatic heterocycles. The van der Waals surface area contributed by atoms with Crippen LogP contribution in [-0.4, -0.2) is 41.6 Å². The maximum Gasteiger partial charge on any atom is 0.429 e. The van der Waals surface area contributed by atoms with Crippen molar-refractivity contribution in [2.24, 2.45) is 0 Å². The predicted molar refractivity (Wildman–Crippen MR) is 104 cm³/mol. The summed E-state index contributed by atoms with van der Waals surface area (Å²) in [6, 6.07) is 1.71. The topological polar surface area (TPSA) is 73.7 Å². The third-order valence-electron chi connectivity index (χ3n) is 3.62. The van der Waals surface area contributed by atoms with Gasteiger partial charge < -0.3 is 9.47 Å². The fraction of sp³-hybridized carbons (Fsp3) is 0.500. The fourth-order valence-corrected chi connectivity index (χ4v) is 2.77. The van der Waals surface area contributed by atoms with Gasteiger partial charge in [0.05, 0.1) is 18.5 Å². The van der Waals surface area contributed by atoms with Crippen molar-refractivity contribution in [3.8, 4) is 0 Å². The molecule has 2 heterocycles. The summed E-state index contributed by atoms with van der Waals surface area (Å²) in [5.41, 5.74) is 0.227. The van der Waals surface area contributed by atoms with E-state index < -0.39 is 11.7 Å². The molecule has 142 valence electrons. The molecule has 0 atom stereocenters. The van der Waals surface area contributed by atoms with E-state index in [9.17, 15) is 9.59 Å². The Morgan fingerprint density at radius 1 is 1.38 bits per heavy atom. The monoisotopic (exact) mass is 425 g/mol. The Morgan fingerprint density at radius 3 is 2.65 bits per heavy atom. The Morgan fingerprint density at radius 2 is 2.08 bits per heavy atom. The van der Waals surface area contributed by atoms with Crippen LogP contribution in [0.2, 0.25) is 0 Å². The van der Waals surface area contributed by atoms with E-state index in [0.717, 1.165) is 0 Å². The number of aryl methyl sites for hydroxylation is 1. The number of methoxy groups -OCH3 is 1. The number of carbonyl (C=O) groups excluding carboxylic acids is 1. The molecule has 2 rings (SSSR count). The lowest BCUT2D eigenvalue weighted by atomic mass is 10.1. The summed E-state index contributed by atoms with van der Waals surface area (Å²) in [5.74, 6) is 0. The number of nitrogens with zero attached hydrogens (tertiary/aromatic N) is 3. The zero-order chi connectivity index (χ0) is 19.5. The minimum Gasteiger partial charge on any atom is -0.442 e. The van der Waals surface area contributed by atoms with Gasteiger partial charge in [0.1, 0.15) is 5.60 Å². The molecule has 8 heteroatoms. The van der Waals surface area contributed by atoms with Gasteiger partial charge in [0.2, 0.25) is 0 Å². The first-order chi connectivity index (χ1) is 12.2. The van der Waals surface area contributed by atoms with Gasteiger partial charge in [0.25, 0.3) is 0 Å². The molecule has 0 saturated carbocycles. The Bertz CT molecular complexity index is 858. The first kappa shape index (κ1) is 20.4. The van der Waals surface area contributed by atoms with Crippen molar-refractivity contribution in [1.29, 1.82) is 0 Å². The largest absolute Gasteiger partial charge is 0.442 e. The average molecular weight is 426 g/mol. The maximum absolute atomic E-state index is 12.8. The van der Waals surface area contributed by atoms with Gasteiger partial charge in [-0.3, -0.25) is 4.79 Å².